The summed E-state index contributed by atoms with van der Waals surface area (Å²) in [5, 5.41) is 0. The Bertz CT molecular complexity index is 1330. The minimum absolute atomic E-state index is 0.990. The smallest absolute Gasteiger partial charge is 0.0258 e. The van der Waals surface area contributed by atoms with Gasteiger partial charge in [-0.05, 0) is 93.5 Å². The van der Waals surface area contributed by atoms with Gasteiger partial charge in [-0.1, -0.05) is 72.5 Å². The van der Waals surface area contributed by atoms with Gasteiger partial charge in [-0.2, -0.15) is 0 Å². The van der Waals surface area contributed by atoms with Gasteiger partial charge < -0.3 is 0 Å². The Morgan fingerprint density at radius 1 is 0.433 bits per heavy atom. The van der Waals surface area contributed by atoms with Crippen molar-refractivity contribution in [2.75, 3.05) is 0 Å². The van der Waals surface area contributed by atoms with Gasteiger partial charge in [0.05, 0.1) is 0 Å². The fourth-order valence-electron chi connectivity index (χ4n) is 4.65. The van der Waals surface area contributed by atoms with Gasteiger partial charge in [0.2, 0.25) is 0 Å². The van der Waals surface area contributed by atoms with Crippen LogP contribution in [0, 0.1) is 23.7 Å². The van der Waals surface area contributed by atoms with E-state index in [9.17, 15) is 0 Å². The van der Waals surface area contributed by atoms with Crippen LogP contribution in [0.4, 0.5) is 0 Å². The molecule has 2 aliphatic rings. The molecule has 2 aliphatic carbocycles. The maximum Gasteiger partial charge on any atom is 0.0258 e. The van der Waals surface area contributed by atoms with E-state index in [-0.39, 0.29) is 0 Å². The third-order valence-corrected chi connectivity index (χ3v) is 6.06. The number of hydrogen-bond acceptors (Lipinski definition) is 0. The lowest BCUT2D eigenvalue weighted by molar-refractivity contribution is 1.26. The van der Waals surface area contributed by atoms with Gasteiger partial charge in [0, 0.05) is 11.1 Å². The van der Waals surface area contributed by atoms with E-state index in [4.69, 9.17) is 0 Å². The predicted octanol–water partition coefficient (Wildman–Crippen LogP) is 6.23. The Balaban J connectivity index is 1.23. The molecule has 0 unspecified atom stereocenters. The molecular formula is C30H18. The highest BCUT2D eigenvalue weighted by atomic mass is 14.2. The second kappa shape index (κ2) is 6.81. The van der Waals surface area contributed by atoms with Crippen LogP contribution in [0.1, 0.15) is 33.4 Å². The molecule has 0 nitrogen and oxygen atoms in total. The van der Waals surface area contributed by atoms with E-state index >= 15 is 0 Å². The SMILES string of the molecule is C(C#Cc1ccc2c(c1)Cc1ccccc1-2)#Cc1ccc2c(c1)Cc1ccccc1-2. The standard InChI is InChI=1S/C30H18/c1(7-21-13-15-29-25(17-21)19-23-9-3-5-11-27(23)29)2-8-22-14-16-30-26(18-22)20-24-10-4-6-12-28(24)30/h3-6,9-18H,19-20H2. The van der Waals surface area contributed by atoms with Gasteiger partial charge in [-0.25, -0.2) is 0 Å². The zero-order valence-corrected chi connectivity index (χ0v) is 16.5. The maximum absolute atomic E-state index is 3.21. The van der Waals surface area contributed by atoms with Gasteiger partial charge in [-0.15, -0.1) is 0 Å². The third-order valence-electron chi connectivity index (χ3n) is 6.06. The molecule has 0 heteroatoms. The van der Waals surface area contributed by atoms with Crippen LogP contribution in [-0.4, -0.2) is 0 Å². The van der Waals surface area contributed by atoms with E-state index < -0.39 is 0 Å². The fraction of sp³-hybridized carbons (Fsp3) is 0.0667. The first-order chi connectivity index (χ1) is 14.8. The molecule has 0 aromatic heterocycles. The Morgan fingerprint density at radius 3 is 1.37 bits per heavy atom. The molecule has 0 heterocycles. The number of hydrogen-bond donors (Lipinski definition) is 0. The topological polar surface area (TPSA) is 0 Å². The van der Waals surface area contributed by atoms with Crippen molar-refractivity contribution in [3.8, 4) is 45.9 Å². The van der Waals surface area contributed by atoms with E-state index in [1.807, 2.05) is 0 Å². The zero-order chi connectivity index (χ0) is 19.9. The molecule has 0 N–H and O–H groups in total. The second-order valence-electron chi connectivity index (χ2n) is 7.91. The largest absolute Gasteiger partial charge is 0.0619 e. The molecule has 0 saturated heterocycles. The van der Waals surface area contributed by atoms with E-state index in [1.165, 1.54) is 44.5 Å². The average Bonchev–Trinajstić information content (AvgIpc) is 3.34. The molecule has 0 bridgehead atoms. The van der Waals surface area contributed by atoms with Gasteiger partial charge in [-0.3, -0.25) is 0 Å². The molecule has 0 radical (unpaired) electrons. The molecule has 0 saturated carbocycles. The predicted molar refractivity (Wildman–Crippen MR) is 123 cm³/mol. The van der Waals surface area contributed by atoms with E-state index in [2.05, 4.69) is 109 Å². The van der Waals surface area contributed by atoms with E-state index in [1.54, 1.807) is 0 Å². The molecule has 0 amide bonds. The summed E-state index contributed by atoms with van der Waals surface area (Å²) in [6, 6.07) is 30.2. The molecule has 0 fully saturated rings. The Kier molecular flexibility index (Phi) is 3.84. The highest BCUT2D eigenvalue weighted by Crippen LogP contribution is 2.37. The maximum atomic E-state index is 3.21. The van der Waals surface area contributed by atoms with Crippen LogP contribution in [0.15, 0.2) is 84.9 Å². The fourth-order valence-corrected chi connectivity index (χ4v) is 4.65. The molecular weight excluding hydrogens is 360 g/mol. The summed E-state index contributed by atoms with van der Waals surface area (Å²) in [5.74, 6) is 12.5. The number of rotatable bonds is 0. The van der Waals surface area contributed by atoms with Crippen molar-refractivity contribution in [2.24, 2.45) is 0 Å². The Morgan fingerprint density at radius 2 is 0.867 bits per heavy atom. The number of fused-ring (bicyclic) bond motifs is 6. The van der Waals surface area contributed by atoms with Gasteiger partial charge in [0.25, 0.3) is 0 Å². The average molecular weight is 378 g/mol. The van der Waals surface area contributed by atoms with Crippen molar-refractivity contribution in [3.05, 3.63) is 118 Å². The minimum atomic E-state index is 0.990. The van der Waals surface area contributed by atoms with Gasteiger partial charge in [0.1, 0.15) is 0 Å². The molecule has 0 atom stereocenters. The zero-order valence-electron chi connectivity index (χ0n) is 16.5. The van der Waals surface area contributed by atoms with E-state index in [0.29, 0.717) is 0 Å². The summed E-state index contributed by atoms with van der Waals surface area (Å²) >= 11 is 0. The first-order valence-corrected chi connectivity index (χ1v) is 10.3. The first-order valence-electron chi connectivity index (χ1n) is 10.3. The van der Waals surface area contributed by atoms with Crippen LogP contribution in [0.3, 0.4) is 0 Å². The van der Waals surface area contributed by atoms with Crippen LogP contribution in [-0.2, 0) is 12.8 Å². The number of benzene rings is 4. The van der Waals surface area contributed by atoms with E-state index in [0.717, 1.165) is 24.0 Å². The summed E-state index contributed by atoms with van der Waals surface area (Å²) in [5.41, 5.74) is 12.9. The quantitative estimate of drug-likeness (QED) is 0.275. The molecule has 4 aromatic carbocycles. The van der Waals surface area contributed by atoms with Crippen LogP contribution in [0.5, 0.6) is 0 Å². The van der Waals surface area contributed by atoms with Crippen LogP contribution < -0.4 is 0 Å². The van der Waals surface area contributed by atoms with Crippen molar-refractivity contribution in [2.45, 2.75) is 12.8 Å². The lowest BCUT2D eigenvalue weighted by Gasteiger charge is -2.00. The monoisotopic (exact) mass is 378 g/mol. The summed E-state index contributed by atoms with van der Waals surface area (Å²) in [7, 11) is 0. The molecule has 0 spiro atoms. The molecule has 0 aliphatic heterocycles. The van der Waals surface area contributed by atoms with Crippen molar-refractivity contribution in [1.29, 1.82) is 0 Å². The highest BCUT2D eigenvalue weighted by Gasteiger charge is 2.18. The van der Waals surface area contributed by atoms with Crippen molar-refractivity contribution in [3.63, 3.8) is 0 Å². The molecule has 4 aromatic rings. The van der Waals surface area contributed by atoms with Crippen LogP contribution in [0.25, 0.3) is 22.3 Å². The summed E-state index contributed by atoms with van der Waals surface area (Å²) in [4.78, 5) is 0. The Labute approximate surface area is 177 Å². The highest BCUT2D eigenvalue weighted by molar-refractivity contribution is 5.78. The molecule has 30 heavy (non-hydrogen) atoms. The van der Waals surface area contributed by atoms with Gasteiger partial charge >= 0.3 is 0 Å². The van der Waals surface area contributed by atoms with Gasteiger partial charge in [0.15, 0.2) is 0 Å². The minimum Gasteiger partial charge on any atom is -0.0619 e. The third kappa shape index (κ3) is 2.83. The summed E-state index contributed by atoms with van der Waals surface area (Å²) in [6.45, 7) is 0. The molecule has 138 valence electrons. The van der Waals surface area contributed by atoms with Crippen LogP contribution in [0.2, 0.25) is 0 Å². The van der Waals surface area contributed by atoms with Crippen LogP contribution >= 0.6 is 0 Å². The molecule has 6 rings (SSSR count). The van der Waals surface area contributed by atoms with Crippen molar-refractivity contribution in [1.82, 2.24) is 0 Å². The lowest BCUT2D eigenvalue weighted by atomic mass is 10.0. The summed E-state index contributed by atoms with van der Waals surface area (Å²) in [6.07, 6.45) is 1.98. The Hall–Kier alpha value is -4.00. The summed E-state index contributed by atoms with van der Waals surface area (Å²) < 4.78 is 0. The van der Waals surface area contributed by atoms with Crippen molar-refractivity contribution < 1.29 is 0 Å². The second-order valence-corrected chi connectivity index (χ2v) is 7.91. The first kappa shape index (κ1) is 16.9. The normalized spacial score (nSPS) is 11.9. The van der Waals surface area contributed by atoms with Crippen molar-refractivity contribution >= 4 is 0 Å². The lowest BCUT2D eigenvalue weighted by Crippen LogP contribution is -1.83.